The molecule has 0 bridgehead atoms. The van der Waals surface area contributed by atoms with Crippen molar-refractivity contribution in [3.63, 3.8) is 0 Å². The van der Waals surface area contributed by atoms with Crippen molar-refractivity contribution in [2.24, 2.45) is 0 Å². The molecule has 0 unspecified atom stereocenters. The fourth-order valence-corrected chi connectivity index (χ4v) is 5.46. The first-order valence-electron chi connectivity index (χ1n) is 13.0. The summed E-state index contributed by atoms with van der Waals surface area (Å²) in [6.07, 6.45) is 3.05. The molecule has 2 aliphatic rings. The number of halogens is 1. The van der Waals surface area contributed by atoms with Gasteiger partial charge in [-0.1, -0.05) is 19.9 Å². The van der Waals surface area contributed by atoms with Crippen LogP contribution in [0.4, 0.5) is 16.0 Å². The fraction of sp³-hybridized carbons (Fsp3) is 0.429. The monoisotopic (exact) mass is 517 g/mol. The Hall–Kier alpha value is -3.63. The SMILES string of the molecule is CC(C)n1c(=O)c2cnc(Nc3ccc4c(c3)CNCC4(C)C)nc2n1-c1nc(C2(CO)CC2)ccc1F. The molecule has 3 N–H and O–H groups in total. The van der Waals surface area contributed by atoms with Crippen LogP contribution in [0.2, 0.25) is 0 Å². The molecule has 38 heavy (non-hydrogen) atoms. The molecule has 3 aromatic heterocycles. The third kappa shape index (κ3) is 3.90. The van der Waals surface area contributed by atoms with E-state index in [1.807, 2.05) is 19.9 Å². The van der Waals surface area contributed by atoms with Crippen molar-refractivity contribution in [3.8, 4) is 5.82 Å². The molecule has 1 fully saturated rings. The number of aliphatic hydroxyl groups is 1. The Kier molecular flexibility index (Phi) is 5.66. The first-order valence-corrected chi connectivity index (χ1v) is 13.0. The minimum Gasteiger partial charge on any atom is -0.395 e. The molecule has 6 rings (SSSR count). The Morgan fingerprint density at radius 2 is 1.97 bits per heavy atom. The summed E-state index contributed by atoms with van der Waals surface area (Å²) in [5.74, 6) is -0.304. The number of nitrogens with one attached hydrogen (secondary N) is 2. The van der Waals surface area contributed by atoms with Crippen molar-refractivity contribution < 1.29 is 9.50 Å². The number of hydrogen-bond donors (Lipinski definition) is 3. The highest BCUT2D eigenvalue weighted by Gasteiger charge is 2.45. The minimum absolute atomic E-state index is 0.0187. The van der Waals surface area contributed by atoms with Crippen molar-refractivity contribution in [1.82, 2.24) is 29.6 Å². The number of rotatable bonds is 6. The third-order valence-electron chi connectivity index (χ3n) is 7.81. The number of fused-ring (bicyclic) bond motifs is 2. The second-order valence-corrected chi connectivity index (χ2v) is 11.4. The molecule has 0 atom stereocenters. The van der Waals surface area contributed by atoms with Crippen LogP contribution in [0.15, 0.2) is 41.3 Å². The third-order valence-corrected chi connectivity index (χ3v) is 7.81. The summed E-state index contributed by atoms with van der Waals surface area (Å²) in [6, 6.07) is 8.87. The number of hydrogen-bond acceptors (Lipinski definition) is 7. The summed E-state index contributed by atoms with van der Waals surface area (Å²) in [5, 5.41) is 16.9. The van der Waals surface area contributed by atoms with E-state index in [4.69, 9.17) is 0 Å². The molecule has 1 saturated carbocycles. The van der Waals surface area contributed by atoms with Gasteiger partial charge in [-0.2, -0.15) is 4.98 Å². The van der Waals surface area contributed by atoms with E-state index in [1.54, 1.807) is 6.07 Å². The predicted octanol–water partition coefficient (Wildman–Crippen LogP) is 3.85. The highest BCUT2D eigenvalue weighted by molar-refractivity contribution is 5.77. The molecule has 0 saturated heterocycles. The Labute approximate surface area is 219 Å². The molecule has 9 nitrogen and oxygen atoms in total. The van der Waals surface area contributed by atoms with E-state index in [1.165, 1.54) is 32.8 Å². The van der Waals surface area contributed by atoms with Crippen molar-refractivity contribution in [2.75, 3.05) is 18.5 Å². The number of pyridine rings is 1. The van der Waals surface area contributed by atoms with Crippen LogP contribution < -0.4 is 16.2 Å². The quantitative estimate of drug-likeness (QED) is 0.356. The maximum absolute atomic E-state index is 15.3. The van der Waals surface area contributed by atoms with Gasteiger partial charge in [0.25, 0.3) is 5.56 Å². The van der Waals surface area contributed by atoms with Crippen LogP contribution in [-0.4, -0.2) is 42.6 Å². The maximum atomic E-state index is 15.3. The molecule has 198 valence electrons. The van der Waals surface area contributed by atoms with Crippen LogP contribution in [0.25, 0.3) is 16.9 Å². The normalized spacial score (nSPS) is 17.6. The minimum atomic E-state index is -0.577. The number of aliphatic hydroxyl groups excluding tert-OH is 1. The van der Waals surface area contributed by atoms with Crippen LogP contribution in [0.1, 0.15) is 63.4 Å². The zero-order valence-corrected chi connectivity index (χ0v) is 22.0. The van der Waals surface area contributed by atoms with Crippen LogP contribution >= 0.6 is 0 Å². The molecule has 4 heterocycles. The molecule has 1 aliphatic carbocycles. The van der Waals surface area contributed by atoms with Crippen molar-refractivity contribution in [3.05, 3.63) is 69.5 Å². The van der Waals surface area contributed by atoms with Crippen molar-refractivity contribution in [1.29, 1.82) is 0 Å². The van der Waals surface area contributed by atoms with Crippen LogP contribution in [0.3, 0.4) is 0 Å². The van der Waals surface area contributed by atoms with E-state index in [2.05, 4.69) is 51.6 Å². The second kappa shape index (κ2) is 8.71. The summed E-state index contributed by atoms with van der Waals surface area (Å²) in [7, 11) is 0. The molecule has 1 aromatic carbocycles. The molecule has 4 aromatic rings. The summed E-state index contributed by atoms with van der Waals surface area (Å²) < 4.78 is 18.2. The number of aromatic nitrogens is 5. The van der Waals surface area contributed by atoms with Gasteiger partial charge < -0.3 is 15.7 Å². The molecule has 0 amide bonds. The summed E-state index contributed by atoms with van der Waals surface area (Å²) in [4.78, 5) is 27.0. The van der Waals surface area contributed by atoms with E-state index >= 15 is 4.39 Å². The Morgan fingerprint density at radius 3 is 2.68 bits per heavy atom. The van der Waals surface area contributed by atoms with Gasteiger partial charge in [-0.3, -0.25) is 4.79 Å². The van der Waals surface area contributed by atoms with Crippen LogP contribution in [0, 0.1) is 5.82 Å². The number of nitrogens with zero attached hydrogens (tertiary/aromatic N) is 5. The van der Waals surface area contributed by atoms with Gasteiger partial charge in [0.1, 0.15) is 5.39 Å². The lowest BCUT2D eigenvalue weighted by atomic mass is 9.79. The van der Waals surface area contributed by atoms with Crippen LogP contribution in [-0.2, 0) is 17.4 Å². The van der Waals surface area contributed by atoms with Gasteiger partial charge in [-0.25, -0.2) is 23.7 Å². The van der Waals surface area contributed by atoms with Gasteiger partial charge in [0.2, 0.25) is 5.95 Å². The zero-order valence-electron chi connectivity index (χ0n) is 22.0. The van der Waals surface area contributed by atoms with Crippen LogP contribution in [0.5, 0.6) is 0 Å². The maximum Gasteiger partial charge on any atom is 0.278 e. The summed E-state index contributed by atoms with van der Waals surface area (Å²) in [6.45, 7) is 9.78. The van der Waals surface area contributed by atoms with Crippen molar-refractivity contribution in [2.45, 2.75) is 64.0 Å². The lowest BCUT2D eigenvalue weighted by Crippen LogP contribution is -2.38. The Bertz CT molecular complexity index is 1620. The largest absolute Gasteiger partial charge is 0.395 e. The van der Waals surface area contributed by atoms with E-state index < -0.39 is 11.2 Å². The predicted molar refractivity (Wildman–Crippen MR) is 144 cm³/mol. The highest BCUT2D eigenvalue weighted by Crippen LogP contribution is 2.47. The fourth-order valence-electron chi connectivity index (χ4n) is 5.46. The Balaban J connectivity index is 1.47. The molecule has 0 radical (unpaired) electrons. The number of benzene rings is 1. The van der Waals surface area contributed by atoms with E-state index in [0.29, 0.717) is 11.6 Å². The first kappa shape index (κ1) is 24.7. The molecular weight excluding hydrogens is 485 g/mol. The van der Waals surface area contributed by atoms with Gasteiger partial charge >= 0.3 is 0 Å². The van der Waals surface area contributed by atoms with Crippen molar-refractivity contribution >= 4 is 22.7 Å². The molecule has 10 heteroatoms. The summed E-state index contributed by atoms with van der Waals surface area (Å²) >= 11 is 0. The zero-order chi connectivity index (χ0) is 26.8. The number of anilines is 2. The standard InChI is InChI=1S/C28H32FN7O2/c1-16(2)35-25(38)19-13-31-26(32-18-5-6-20-17(11-18)12-30-14-27(20,3)4)34-23(19)36(35)24-21(29)7-8-22(33-24)28(15-37)9-10-28/h5-8,11,13,16,30,37H,9-10,12,14-15H2,1-4H3,(H,31,32,34). The van der Waals surface area contributed by atoms with Gasteiger partial charge in [0.05, 0.1) is 12.3 Å². The second-order valence-electron chi connectivity index (χ2n) is 11.4. The smallest absolute Gasteiger partial charge is 0.278 e. The summed E-state index contributed by atoms with van der Waals surface area (Å²) in [5.41, 5.74) is 3.47. The average molecular weight is 518 g/mol. The molecule has 0 spiro atoms. The first-order chi connectivity index (χ1) is 18.1. The lowest BCUT2D eigenvalue weighted by Gasteiger charge is -2.33. The van der Waals surface area contributed by atoms with Gasteiger partial charge in [0, 0.05) is 41.8 Å². The average Bonchev–Trinajstić information content (AvgIpc) is 3.63. The van der Waals surface area contributed by atoms with Gasteiger partial charge in [-0.15, -0.1) is 0 Å². The lowest BCUT2D eigenvalue weighted by molar-refractivity contribution is 0.252. The van der Waals surface area contributed by atoms with Gasteiger partial charge in [-0.05, 0) is 62.1 Å². The van der Waals surface area contributed by atoms with E-state index in [-0.39, 0.29) is 40.5 Å². The Morgan fingerprint density at radius 1 is 1.18 bits per heavy atom. The van der Waals surface area contributed by atoms with E-state index in [0.717, 1.165) is 31.6 Å². The topological polar surface area (TPSA) is 110 Å². The highest BCUT2D eigenvalue weighted by atomic mass is 19.1. The van der Waals surface area contributed by atoms with E-state index in [9.17, 15) is 9.90 Å². The molecular formula is C28H32FN7O2. The van der Waals surface area contributed by atoms with Gasteiger partial charge in [0.15, 0.2) is 17.3 Å². The molecule has 1 aliphatic heterocycles.